The van der Waals surface area contributed by atoms with Gasteiger partial charge in [-0.2, -0.15) is 0 Å². The summed E-state index contributed by atoms with van der Waals surface area (Å²) >= 11 is 8.97. The Bertz CT molecular complexity index is 1120. The van der Waals surface area contributed by atoms with Crippen molar-refractivity contribution in [2.45, 2.75) is 19.8 Å². The zero-order valence-corrected chi connectivity index (χ0v) is 18.0. The molecule has 5 nitrogen and oxygen atoms in total. The highest BCUT2D eigenvalue weighted by Crippen LogP contribution is 2.32. The van der Waals surface area contributed by atoms with Crippen molar-refractivity contribution in [2.24, 2.45) is 0 Å². The fourth-order valence-corrected chi connectivity index (χ4v) is 4.67. The molecule has 0 aliphatic carbocycles. The van der Waals surface area contributed by atoms with Crippen LogP contribution in [0, 0.1) is 6.92 Å². The monoisotopic (exact) mass is 443 g/mol. The van der Waals surface area contributed by atoms with E-state index in [2.05, 4.69) is 15.3 Å². The van der Waals surface area contributed by atoms with Gasteiger partial charge in [-0.3, -0.25) is 4.79 Å². The number of aromatic nitrogens is 2. The summed E-state index contributed by atoms with van der Waals surface area (Å²) in [6.45, 7) is 2.54. The lowest BCUT2D eigenvalue weighted by Crippen LogP contribution is -2.27. The van der Waals surface area contributed by atoms with Gasteiger partial charge in [0.15, 0.2) is 0 Å². The standard InChI is InChI=1S/C21H18ClN3O2S2/c1-13-2-4-14(5-3-13)20-24-15(11-27-20)8-9-23-19(26)10-16-12-28-21(25-16)17-6-7-18(22)29-17/h2-7,11-12H,8-10H2,1H3,(H,23,26). The van der Waals surface area contributed by atoms with Crippen LogP contribution in [0.2, 0.25) is 4.34 Å². The van der Waals surface area contributed by atoms with Crippen LogP contribution in [0.5, 0.6) is 0 Å². The molecule has 4 rings (SSSR count). The number of carbonyl (C=O) groups is 1. The minimum absolute atomic E-state index is 0.0617. The van der Waals surface area contributed by atoms with Gasteiger partial charge in [-0.15, -0.1) is 22.7 Å². The highest BCUT2D eigenvalue weighted by Gasteiger charge is 2.11. The molecule has 0 bridgehead atoms. The Kier molecular flexibility index (Phi) is 6.08. The molecule has 0 spiro atoms. The molecule has 3 aromatic heterocycles. The van der Waals surface area contributed by atoms with Crippen LogP contribution in [-0.4, -0.2) is 22.4 Å². The van der Waals surface area contributed by atoms with E-state index < -0.39 is 0 Å². The number of carbonyl (C=O) groups excluding carboxylic acids is 1. The van der Waals surface area contributed by atoms with Crippen molar-refractivity contribution >= 4 is 40.2 Å². The first-order valence-electron chi connectivity index (χ1n) is 9.05. The first-order valence-corrected chi connectivity index (χ1v) is 11.1. The van der Waals surface area contributed by atoms with Crippen LogP contribution in [0.3, 0.4) is 0 Å². The number of amides is 1. The van der Waals surface area contributed by atoms with E-state index in [9.17, 15) is 4.79 Å². The molecule has 0 radical (unpaired) electrons. The average molecular weight is 444 g/mol. The summed E-state index contributed by atoms with van der Waals surface area (Å²) in [6.07, 6.45) is 2.50. The second kappa shape index (κ2) is 8.90. The Labute approximate surface area is 181 Å². The number of oxazole rings is 1. The molecule has 0 unspecified atom stereocenters. The second-order valence-corrected chi connectivity index (χ2v) is 9.11. The molecule has 29 heavy (non-hydrogen) atoms. The number of aryl methyl sites for hydroxylation is 1. The zero-order chi connectivity index (χ0) is 20.2. The van der Waals surface area contributed by atoms with Crippen molar-refractivity contribution in [3.8, 4) is 21.3 Å². The normalized spacial score (nSPS) is 11.0. The lowest BCUT2D eigenvalue weighted by Gasteiger charge is -2.02. The molecule has 0 aliphatic heterocycles. The van der Waals surface area contributed by atoms with Gasteiger partial charge in [0.1, 0.15) is 11.3 Å². The van der Waals surface area contributed by atoms with E-state index >= 15 is 0 Å². The maximum atomic E-state index is 12.2. The second-order valence-electron chi connectivity index (χ2n) is 6.53. The average Bonchev–Trinajstić information content (AvgIpc) is 3.44. The number of benzene rings is 1. The largest absolute Gasteiger partial charge is 0.444 e. The van der Waals surface area contributed by atoms with Crippen LogP contribution in [0.25, 0.3) is 21.3 Å². The van der Waals surface area contributed by atoms with Crippen molar-refractivity contribution in [1.82, 2.24) is 15.3 Å². The molecule has 1 amide bonds. The van der Waals surface area contributed by atoms with Gasteiger partial charge in [0.05, 0.1) is 27.0 Å². The number of thiophene rings is 1. The maximum absolute atomic E-state index is 12.2. The summed E-state index contributed by atoms with van der Waals surface area (Å²) in [5.41, 5.74) is 3.70. The van der Waals surface area contributed by atoms with E-state index in [1.54, 1.807) is 6.26 Å². The predicted molar refractivity (Wildman–Crippen MR) is 118 cm³/mol. The number of hydrogen-bond donors (Lipinski definition) is 1. The highest BCUT2D eigenvalue weighted by atomic mass is 35.5. The fourth-order valence-electron chi connectivity index (χ4n) is 2.74. The van der Waals surface area contributed by atoms with Crippen LogP contribution in [0.4, 0.5) is 0 Å². The number of nitrogens with zero attached hydrogens (tertiary/aromatic N) is 2. The molecule has 0 aliphatic rings. The number of nitrogens with one attached hydrogen (secondary N) is 1. The van der Waals surface area contributed by atoms with E-state index in [4.69, 9.17) is 16.0 Å². The van der Waals surface area contributed by atoms with E-state index in [0.29, 0.717) is 18.9 Å². The Balaban J connectivity index is 1.26. The van der Waals surface area contributed by atoms with Crippen LogP contribution in [-0.2, 0) is 17.6 Å². The van der Waals surface area contributed by atoms with Crippen LogP contribution in [0.1, 0.15) is 17.0 Å². The van der Waals surface area contributed by atoms with Crippen molar-refractivity contribution in [1.29, 1.82) is 0 Å². The summed E-state index contributed by atoms with van der Waals surface area (Å²) < 4.78 is 6.28. The molecule has 0 saturated heterocycles. The predicted octanol–water partition coefficient (Wildman–Crippen LogP) is 5.39. The minimum atomic E-state index is -0.0617. The quantitative estimate of drug-likeness (QED) is 0.415. The van der Waals surface area contributed by atoms with Crippen molar-refractivity contribution < 1.29 is 9.21 Å². The Morgan fingerprint density at radius 2 is 1.97 bits per heavy atom. The van der Waals surface area contributed by atoms with Gasteiger partial charge in [-0.25, -0.2) is 9.97 Å². The molecular formula is C21H18ClN3O2S2. The van der Waals surface area contributed by atoms with Crippen molar-refractivity contribution in [2.75, 3.05) is 6.54 Å². The van der Waals surface area contributed by atoms with Crippen molar-refractivity contribution in [3.05, 3.63) is 69.3 Å². The summed E-state index contributed by atoms with van der Waals surface area (Å²) in [5.74, 6) is 0.531. The van der Waals surface area contributed by atoms with Crippen LogP contribution in [0.15, 0.2) is 52.5 Å². The smallest absolute Gasteiger partial charge is 0.226 e. The van der Waals surface area contributed by atoms with Crippen LogP contribution >= 0.6 is 34.3 Å². The van der Waals surface area contributed by atoms with Gasteiger partial charge in [0, 0.05) is 23.9 Å². The van der Waals surface area contributed by atoms with Crippen LogP contribution < -0.4 is 5.32 Å². The van der Waals surface area contributed by atoms with E-state index in [0.717, 1.165) is 31.2 Å². The van der Waals surface area contributed by atoms with E-state index in [1.165, 1.54) is 28.2 Å². The molecule has 148 valence electrons. The number of halogens is 1. The lowest BCUT2D eigenvalue weighted by molar-refractivity contribution is -0.120. The summed E-state index contributed by atoms with van der Waals surface area (Å²) in [5, 5.41) is 5.71. The molecule has 0 fully saturated rings. The van der Waals surface area contributed by atoms with Gasteiger partial charge in [-0.1, -0.05) is 29.3 Å². The maximum Gasteiger partial charge on any atom is 0.226 e. The lowest BCUT2D eigenvalue weighted by atomic mass is 10.1. The van der Waals surface area contributed by atoms with Gasteiger partial charge < -0.3 is 9.73 Å². The SMILES string of the molecule is Cc1ccc(-c2nc(CCNC(=O)Cc3csc(-c4ccc(Cl)s4)n3)co2)cc1. The first-order chi connectivity index (χ1) is 14.1. The van der Waals surface area contributed by atoms with Gasteiger partial charge in [-0.05, 0) is 31.2 Å². The minimum Gasteiger partial charge on any atom is -0.444 e. The fraction of sp³-hybridized carbons (Fsp3) is 0.190. The molecule has 8 heteroatoms. The Morgan fingerprint density at radius 3 is 2.72 bits per heavy atom. The molecule has 0 saturated carbocycles. The number of thiazole rings is 1. The molecule has 3 heterocycles. The third-order valence-electron chi connectivity index (χ3n) is 4.23. The summed E-state index contributed by atoms with van der Waals surface area (Å²) in [7, 11) is 0. The third-order valence-corrected chi connectivity index (χ3v) is 6.52. The Hall–Kier alpha value is -2.48. The number of rotatable bonds is 7. The zero-order valence-electron chi connectivity index (χ0n) is 15.6. The number of hydrogen-bond acceptors (Lipinski definition) is 6. The molecule has 1 aromatic carbocycles. The molecule has 4 aromatic rings. The molecule has 1 N–H and O–H groups in total. The van der Waals surface area contributed by atoms with E-state index in [-0.39, 0.29) is 12.3 Å². The topological polar surface area (TPSA) is 68.0 Å². The summed E-state index contributed by atoms with van der Waals surface area (Å²) in [6, 6.07) is 11.8. The van der Waals surface area contributed by atoms with Gasteiger partial charge in [0.25, 0.3) is 0 Å². The molecule has 0 atom stereocenters. The Morgan fingerprint density at radius 1 is 1.14 bits per heavy atom. The highest BCUT2D eigenvalue weighted by molar-refractivity contribution is 7.23. The van der Waals surface area contributed by atoms with E-state index in [1.807, 2.05) is 48.7 Å². The summed E-state index contributed by atoms with van der Waals surface area (Å²) in [4.78, 5) is 22.2. The third kappa shape index (κ3) is 5.12. The van der Waals surface area contributed by atoms with Gasteiger partial charge in [0.2, 0.25) is 11.8 Å². The van der Waals surface area contributed by atoms with Crippen molar-refractivity contribution in [3.63, 3.8) is 0 Å². The van der Waals surface area contributed by atoms with Gasteiger partial charge >= 0.3 is 0 Å². The molecular weight excluding hydrogens is 426 g/mol. The first kappa shape index (κ1) is 19.8.